The van der Waals surface area contributed by atoms with Gasteiger partial charge in [-0.1, -0.05) is 39.0 Å². The third-order valence-corrected chi connectivity index (χ3v) is 4.91. The lowest BCUT2D eigenvalue weighted by atomic mass is 10.0. The molecule has 3 nitrogen and oxygen atoms in total. The number of hydrogen-bond donors (Lipinski definition) is 1. The Morgan fingerprint density at radius 3 is 2.12 bits per heavy atom. The zero-order valence-corrected chi connectivity index (χ0v) is 11.9. The van der Waals surface area contributed by atoms with Gasteiger partial charge in [0.2, 0.25) is 0 Å². The Kier molecular flexibility index (Phi) is 8.02. The van der Waals surface area contributed by atoms with Crippen molar-refractivity contribution >= 4 is 9.84 Å². The number of sulfone groups is 1. The summed E-state index contributed by atoms with van der Waals surface area (Å²) in [5.74, 6) is 0. The minimum Gasteiger partial charge on any atom is -0.316 e. The van der Waals surface area contributed by atoms with Gasteiger partial charge >= 0.3 is 0 Å². The Morgan fingerprint density at radius 2 is 1.69 bits per heavy atom. The maximum Gasteiger partial charge on any atom is 0.151 e. The molecule has 0 saturated carbocycles. The molecule has 0 amide bonds. The molecule has 0 aromatic rings. The smallest absolute Gasteiger partial charge is 0.151 e. The summed E-state index contributed by atoms with van der Waals surface area (Å²) in [5, 5.41) is 2.83. The van der Waals surface area contributed by atoms with Crippen LogP contribution < -0.4 is 5.32 Å². The van der Waals surface area contributed by atoms with Gasteiger partial charge in [-0.15, -0.1) is 0 Å². The maximum absolute atomic E-state index is 11.4. The van der Waals surface area contributed by atoms with Crippen LogP contribution in [0.5, 0.6) is 0 Å². The SMILES string of the molecule is CCCCCCCC(NC)C(C)S(C)(=O)=O. The van der Waals surface area contributed by atoms with E-state index >= 15 is 0 Å². The second-order valence-corrected chi connectivity index (χ2v) is 7.04. The molecule has 0 aliphatic rings. The van der Waals surface area contributed by atoms with Crippen molar-refractivity contribution in [3.8, 4) is 0 Å². The molecule has 98 valence electrons. The Balaban J connectivity index is 3.93. The lowest BCUT2D eigenvalue weighted by Gasteiger charge is -2.22. The molecule has 2 atom stereocenters. The summed E-state index contributed by atoms with van der Waals surface area (Å²) in [6.45, 7) is 3.99. The number of hydrogen-bond acceptors (Lipinski definition) is 3. The van der Waals surface area contributed by atoms with Gasteiger partial charge in [0.15, 0.2) is 9.84 Å². The number of nitrogens with one attached hydrogen (secondary N) is 1. The van der Waals surface area contributed by atoms with E-state index in [-0.39, 0.29) is 11.3 Å². The summed E-state index contributed by atoms with van der Waals surface area (Å²) in [6.07, 6.45) is 8.39. The fourth-order valence-electron chi connectivity index (χ4n) is 1.88. The van der Waals surface area contributed by atoms with Crippen molar-refractivity contribution in [3.63, 3.8) is 0 Å². The average Bonchev–Trinajstić information content (AvgIpc) is 2.21. The first-order valence-electron chi connectivity index (χ1n) is 6.29. The molecule has 0 bridgehead atoms. The standard InChI is InChI=1S/C12H27NO2S/c1-5-6-7-8-9-10-12(13-3)11(2)16(4,14)15/h11-13H,5-10H2,1-4H3. The van der Waals surface area contributed by atoms with Crippen LogP contribution in [-0.2, 0) is 9.84 Å². The zero-order valence-electron chi connectivity index (χ0n) is 11.1. The van der Waals surface area contributed by atoms with Crippen LogP contribution in [0.25, 0.3) is 0 Å². The fraction of sp³-hybridized carbons (Fsp3) is 1.00. The van der Waals surface area contributed by atoms with Gasteiger partial charge in [0.25, 0.3) is 0 Å². The van der Waals surface area contributed by atoms with Crippen LogP contribution in [-0.4, -0.2) is 33.0 Å². The maximum atomic E-state index is 11.4. The van der Waals surface area contributed by atoms with E-state index < -0.39 is 9.84 Å². The van der Waals surface area contributed by atoms with E-state index in [9.17, 15) is 8.42 Å². The summed E-state index contributed by atoms with van der Waals surface area (Å²) < 4.78 is 22.9. The predicted octanol–water partition coefficient (Wildman–Crippen LogP) is 2.37. The largest absolute Gasteiger partial charge is 0.316 e. The highest BCUT2D eigenvalue weighted by Gasteiger charge is 2.23. The molecular weight excluding hydrogens is 222 g/mol. The minimum absolute atomic E-state index is 0.0941. The number of unbranched alkanes of at least 4 members (excludes halogenated alkanes) is 4. The molecule has 16 heavy (non-hydrogen) atoms. The molecule has 0 aromatic carbocycles. The van der Waals surface area contributed by atoms with Gasteiger partial charge in [0.05, 0.1) is 5.25 Å². The summed E-state index contributed by atoms with van der Waals surface area (Å²) in [5.41, 5.74) is 0. The normalized spacial score (nSPS) is 16.0. The first-order chi connectivity index (χ1) is 7.43. The van der Waals surface area contributed by atoms with Crippen molar-refractivity contribution in [1.29, 1.82) is 0 Å². The highest BCUT2D eigenvalue weighted by atomic mass is 32.2. The molecule has 0 heterocycles. The van der Waals surface area contributed by atoms with Gasteiger partial charge in [-0.2, -0.15) is 0 Å². The van der Waals surface area contributed by atoms with Crippen molar-refractivity contribution in [3.05, 3.63) is 0 Å². The Labute approximate surface area is 101 Å². The first kappa shape index (κ1) is 15.9. The van der Waals surface area contributed by atoms with Crippen LogP contribution >= 0.6 is 0 Å². The Bertz CT molecular complexity index is 262. The zero-order chi connectivity index (χ0) is 12.6. The summed E-state index contributed by atoms with van der Waals surface area (Å²) in [6, 6.07) is 0.0941. The first-order valence-corrected chi connectivity index (χ1v) is 8.25. The molecule has 0 fully saturated rings. The van der Waals surface area contributed by atoms with Crippen molar-refractivity contribution < 1.29 is 8.42 Å². The van der Waals surface area contributed by atoms with Gasteiger partial charge in [0.1, 0.15) is 0 Å². The van der Waals surface area contributed by atoms with Crippen LogP contribution in [0.2, 0.25) is 0 Å². The molecule has 0 aliphatic carbocycles. The molecule has 4 heteroatoms. The van der Waals surface area contributed by atoms with Crippen molar-refractivity contribution in [2.75, 3.05) is 13.3 Å². The molecule has 0 radical (unpaired) electrons. The molecule has 0 aromatic heterocycles. The quantitative estimate of drug-likeness (QED) is 0.638. The van der Waals surface area contributed by atoms with Gasteiger partial charge in [-0.3, -0.25) is 0 Å². The van der Waals surface area contributed by atoms with E-state index in [1.54, 1.807) is 6.92 Å². The van der Waals surface area contributed by atoms with Crippen molar-refractivity contribution in [2.45, 2.75) is 63.7 Å². The van der Waals surface area contributed by atoms with E-state index in [2.05, 4.69) is 12.2 Å². The molecule has 0 aliphatic heterocycles. The van der Waals surface area contributed by atoms with Gasteiger partial charge in [-0.05, 0) is 20.4 Å². The van der Waals surface area contributed by atoms with E-state index in [1.807, 2.05) is 7.05 Å². The van der Waals surface area contributed by atoms with Gasteiger partial charge < -0.3 is 5.32 Å². The summed E-state index contributed by atoms with van der Waals surface area (Å²) in [4.78, 5) is 0. The second kappa shape index (κ2) is 8.07. The molecular formula is C12H27NO2S. The third kappa shape index (κ3) is 6.48. The number of rotatable bonds is 9. The van der Waals surface area contributed by atoms with Crippen LogP contribution in [0, 0.1) is 0 Å². The fourth-order valence-corrected chi connectivity index (χ4v) is 2.75. The third-order valence-electron chi connectivity index (χ3n) is 3.23. The van der Waals surface area contributed by atoms with E-state index in [4.69, 9.17) is 0 Å². The van der Waals surface area contributed by atoms with E-state index in [0.29, 0.717) is 0 Å². The topological polar surface area (TPSA) is 46.2 Å². The predicted molar refractivity (Wildman–Crippen MR) is 70.5 cm³/mol. The summed E-state index contributed by atoms with van der Waals surface area (Å²) in [7, 11) is -1.08. The minimum atomic E-state index is -2.92. The molecule has 0 rings (SSSR count). The van der Waals surface area contributed by atoms with Crippen LogP contribution in [0.4, 0.5) is 0 Å². The monoisotopic (exact) mass is 249 g/mol. The van der Waals surface area contributed by atoms with E-state index in [0.717, 1.165) is 12.8 Å². The molecule has 0 saturated heterocycles. The van der Waals surface area contributed by atoms with E-state index in [1.165, 1.54) is 31.9 Å². The van der Waals surface area contributed by atoms with Crippen LogP contribution in [0.1, 0.15) is 52.4 Å². The molecule has 0 spiro atoms. The van der Waals surface area contributed by atoms with Crippen molar-refractivity contribution in [2.24, 2.45) is 0 Å². The van der Waals surface area contributed by atoms with Crippen molar-refractivity contribution in [1.82, 2.24) is 5.32 Å². The molecule has 2 unspecified atom stereocenters. The lowest BCUT2D eigenvalue weighted by molar-refractivity contribution is 0.465. The Hall–Kier alpha value is -0.0900. The highest BCUT2D eigenvalue weighted by Crippen LogP contribution is 2.13. The van der Waals surface area contributed by atoms with Gasteiger partial charge in [0, 0.05) is 12.3 Å². The second-order valence-electron chi connectivity index (χ2n) is 4.63. The Morgan fingerprint density at radius 1 is 1.12 bits per heavy atom. The van der Waals surface area contributed by atoms with Crippen LogP contribution in [0.15, 0.2) is 0 Å². The van der Waals surface area contributed by atoms with Crippen LogP contribution in [0.3, 0.4) is 0 Å². The highest BCUT2D eigenvalue weighted by molar-refractivity contribution is 7.91. The average molecular weight is 249 g/mol. The van der Waals surface area contributed by atoms with Gasteiger partial charge in [-0.25, -0.2) is 8.42 Å². The summed E-state index contributed by atoms with van der Waals surface area (Å²) >= 11 is 0. The lowest BCUT2D eigenvalue weighted by Crippen LogP contribution is -2.40. The molecule has 1 N–H and O–H groups in total.